The summed E-state index contributed by atoms with van der Waals surface area (Å²) in [5.41, 5.74) is 0. The Kier molecular flexibility index (Phi) is 18.8. The van der Waals surface area contributed by atoms with E-state index in [-0.39, 0.29) is 6.10 Å². The molecule has 0 spiro atoms. The molecule has 0 aliphatic rings. The fourth-order valence-electron chi connectivity index (χ4n) is 3.81. The molecule has 0 amide bonds. The second-order valence-corrected chi connectivity index (χ2v) is 10.2. The van der Waals surface area contributed by atoms with E-state index in [0.29, 0.717) is 12.8 Å². The van der Waals surface area contributed by atoms with Crippen molar-refractivity contribution in [2.24, 2.45) is 0 Å². The molecule has 2 unspecified atom stereocenters. The molecular formula is C23H48O4S. The molecule has 2 atom stereocenters. The van der Waals surface area contributed by atoms with Crippen molar-refractivity contribution >= 4 is 10.1 Å². The lowest BCUT2D eigenvalue weighted by Gasteiger charge is -2.13. The van der Waals surface area contributed by atoms with Gasteiger partial charge in [0, 0.05) is 0 Å². The molecule has 170 valence electrons. The Balaban J connectivity index is 3.45. The Hall–Kier alpha value is -0.130. The zero-order valence-corrected chi connectivity index (χ0v) is 19.5. The van der Waals surface area contributed by atoms with E-state index in [9.17, 15) is 18.1 Å². The third-order valence-electron chi connectivity index (χ3n) is 5.76. The third kappa shape index (κ3) is 17.9. The average Bonchev–Trinajstić information content (AvgIpc) is 2.64. The van der Waals surface area contributed by atoms with Crippen LogP contribution in [-0.2, 0) is 10.1 Å². The van der Waals surface area contributed by atoms with E-state index in [0.717, 1.165) is 51.4 Å². The van der Waals surface area contributed by atoms with E-state index in [1.54, 1.807) is 0 Å². The molecule has 0 aromatic heterocycles. The first kappa shape index (κ1) is 27.9. The van der Waals surface area contributed by atoms with Crippen molar-refractivity contribution in [2.75, 3.05) is 0 Å². The van der Waals surface area contributed by atoms with E-state index in [1.165, 1.54) is 57.8 Å². The van der Waals surface area contributed by atoms with Gasteiger partial charge in [0.1, 0.15) is 0 Å². The van der Waals surface area contributed by atoms with Gasteiger partial charge in [-0.25, -0.2) is 0 Å². The molecule has 0 fully saturated rings. The minimum atomic E-state index is -3.88. The zero-order valence-electron chi connectivity index (χ0n) is 18.7. The maximum Gasteiger partial charge on any atom is 0.267 e. The van der Waals surface area contributed by atoms with Crippen LogP contribution in [0, 0.1) is 0 Å². The van der Waals surface area contributed by atoms with Gasteiger partial charge in [0.2, 0.25) is 0 Å². The van der Waals surface area contributed by atoms with Crippen LogP contribution >= 0.6 is 0 Å². The zero-order chi connectivity index (χ0) is 21.1. The second-order valence-electron chi connectivity index (χ2n) is 8.54. The molecular weight excluding hydrogens is 372 g/mol. The number of hydrogen-bond donors (Lipinski definition) is 2. The highest BCUT2D eigenvalue weighted by molar-refractivity contribution is 7.86. The first-order valence-electron chi connectivity index (χ1n) is 12.1. The van der Waals surface area contributed by atoms with Gasteiger partial charge in [-0.1, -0.05) is 110 Å². The summed E-state index contributed by atoms with van der Waals surface area (Å²) in [6.07, 6.45) is 20.2. The van der Waals surface area contributed by atoms with Gasteiger partial charge in [0.05, 0.1) is 11.4 Å². The summed E-state index contributed by atoms with van der Waals surface area (Å²) in [6.45, 7) is 4.25. The van der Waals surface area contributed by atoms with Crippen LogP contribution in [0.15, 0.2) is 0 Å². The second kappa shape index (κ2) is 18.9. The highest BCUT2D eigenvalue weighted by Gasteiger charge is 2.21. The Labute approximate surface area is 175 Å². The maximum atomic E-state index is 11.4. The van der Waals surface area contributed by atoms with Crippen molar-refractivity contribution in [1.82, 2.24) is 0 Å². The molecule has 0 heterocycles. The monoisotopic (exact) mass is 420 g/mol. The van der Waals surface area contributed by atoms with Crippen LogP contribution in [0.2, 0.25) is 0 Å². The molecule has 0 aromatic rings. The molecule has 5 heteroatoms. The summed E-state index contributed by atoms with van der Waals surface area (Å²) in [5.74, 6) is 0. The highest BCUT2D eigenvalue weighted by Crippen LogP contribution is 2.18. The van der Waals surface area contributed by atoms with E-state index in [1.807, 2.05) is 6.92 Å². The van der Waals surface area contributed by atoms with Gasteiger partial charge in [-0.05, 0) is 25.7 Å². The lowest BCUT2D eigenvalue weighted by molar-refractivity contribution is 0.147. The van der Waals surface area contributed by atoms with Crippen molar-refractivity contribution in [2.45, 2.75) is 147 Å². The van der Waals surface area contributed by atoms with Crippen LogP contribution in [0.1, 0.15) is 136 Å². The molecule has 0 bridgehead atoms. The molecule has 0 aromatic carbocycles. The van der Waals surface area contributed by atoms with Crippen molar-refractivity contribution in [3.8, 4) is 0 Å². The van der Waals surface area contributed by atoms with Gasteiger partial charge < -0.3 is 5.11 Å². The fourth-order valence-corrected chi connectivity index (χ4v) is 4.74. The van der Waals surface area contributed by atoms with E-state index in [2.05, 4.69) is 6.92 Å². The average molecular weight is 421 g/mol. The Morgan fingerprint density at radius 3 is 1.36 bits per heavy atom. The quantitative estimate of drug-likeness (QED) is 0.154. The first-order valence-corrected chi connectivity index (χ1v) is 13.6. The topological polar surface area (TPSA) is 74.6 Å². The van der Waals surface area contributed by atoms with Crippen LogP contribution < -0.4 is 0 Å². The minimum Gasteiger partial charge on any atom is -0.393 e. The van der Waals surface area contributed by atoms with Gasteiger partial charge in [-0.3, -0.25) is 4.55 Å². The Morgan fingerprint density at radius 1 is 0.571 bits per heavy atom. The van der Waals surface area contributed by atoms with E-state index in [4.69, 9.17) is 0 Å². The molecule has 0 saturated carbocycles. The highest BCUT2D eigenvalue weighted by atomic mass is 32.2. The van der Waals surface area contributed by atoms with Gasteiger partial charge in [0.25, 0.3) is 10.1 Å². The Bertz CT molecular complexity index is 422. The van der Waals surface area contributed by atoms with E-state index >= 15 is 0 Å². The molecule has 28 heavy (non-hydrogen) atoms. The molecule has 4 nitrogen and oxygen atoms in total. The van der Waals surface area contributed by atoms with Crippen LogP contribution in [-0.4, -0.2) is 29.4 Å². The van der Waals surface area contributed by atoms with Crippen molar-refractivity contribution in [3.63, 3.8) is 0 Å². The SMILES string of the molecule is CCCCCCC(O)CCCCCCCCCCCC(CCCC)S(=O)(=O)O. The minimum absolute atomic E-state index is 0.0965. The molecule has 0 aliphatic carbocycles. The summed E-state index contributed by atoms with van der Waals surface area (Å²) in [7, 11) is -3.88. The molecule has 0 aliphatic heterocycles. The number of hydrogen-bond acceptors (Lipinski definition) is 3. The lowest BCUT2D eigenvalue weighted by Crippen LogP contribution is -2.20. The van der Waals surface area contributed by atoms with Gasteiger partial charge in [-0.2, -0.15) is 8.42 Å². The van der Waals surface area contributed by atoms with Crippen molar-refractivity contribution in [1.29, 1.82) is 0 Å². The van der Waals surface area contributed by atoms with E-state index < -0.39 is 15.4 Å². The number of aliphatic hydroxyl groups excluding tert-OH is 1. The van der Waals surface area contributed by atoms with Gasteiger partial charge >= 0.3 is 0 Å². The van der Waals surface area contributed by atoms with Crippen LogP contribution in [0.5, 0.6) is 0 Å². The van der Waals surface area contributed by atoms with Crippen LogP contribution in [0.4, 0.5) is 0 Å². The largest absolute Gasteiger partial charge is 0.393 e. The molecule has 0 saturated heterocycles. The van der Waals surface area contributed by atoms with Crippen molar-refractivity contribution in [3.05, 3.63) is 0 Å². The van der Waals surface area contributed by atoms with Crippen molar-refractivity contribution < 1.29 is 18.1 Å². The normalized spacial score (nSPS) is 14.3. The fraction of sp³-hybridized carbons (Fsp3) is 1.00. The smallest absolute Gasteiger partial charge is 0.267 e. The predicted octanol–water partition coefficient (Wildman–Crippen LogP) is 7.06. The van der Waals surface area contributed by atoms with Crippen LogP contribution in [0.3, 0.4) is 0 Å². The number of aliphatic hydroxyl groups is 1. The summed E-state index contributed by atoms with van der Waals surface area (Å²) < 4.78 is 32.1. The lowest BCUT2D eigenvalue weighted by atomic mass is 10.0. The maximum absolute atomic E-state index is 11.4. The van der Waals surface area contributed by atoms with Crippen LogP contribution in [0.25, 0.3) is 0 Å². The third-order valence-corrected chi connectivity index (χ3v) is 7.07. The first-order chi connectivity index (χ1) is 13.4. The summed E-state index contributed by atoms with van der Waals surface area (Å²) in [5, 5.41) is 9.39. The molecule has 2 N–H and O–H groups in total. The number of unbranched alkanes of at least 4 members (excludes halogenated alkanes) is 12. The molecule has 0 radical (unpaired) electrons. The predicted molar refractivity (Wildman–Crippen MR) is 120 cm³/mol. The summed E-state index contributed by atoms with van der Waals surface area (Å²) in [6, 6.07) is 0. The standard InChI is InChI=1S/C23H48O4S/c1-3-5-7-15-18-22(24)19-16-13-11-9-8-10-12-14-17-21-23(20-6-4-2)28(25,26)27/h22-24H,3-21H2,1-2H3,(H,25,26,27). The van der Waals surface area contributed by atoms with Gasteiger partial charge in [0.15, 0.2) is 0 Å². The summed E-state index contributed by atoms with van der Waals surface area (Å²) in [4.78, 5) is 0. The number of rotatable bonds is 21. The van der Waals surface area contributed by atoms with Gasteiger partial charge in [-0.15, -0.1) is 0 Å². The molecule has 0 rings (SSSR count). The summed E-state index contributed by atoms with van der Waals surface area (Å²) >= 11 is 0. The Morgan fingerprint density at radius 2 is 0.929 bits per heavy atom.